The van der Waals surface area contributed by atoms with Gasteiger partial charge in [-0.15, -0.1) is 11.3 Å². The molecular formula is C19H31NS. The third kappa shape index (κ3) is 3.90. The standard InChI is InChI=1S/C19H31NS/c1-2-20-19(15-10-6-3-4-7-11-15)18-14-16-12-8-5-9-13-17(16)21-18/h14-15,19-20H,2-13H2,1H3. The van der Waals surface area contributed by atoms with Crippen LogP contribution < -0.4 is 5.32 Å². The van der Waals surface area contributed by atoms with E-state index in [-0.39, 0.29) is 0 Å². The first kappa shape index (κ1) is 15.6. The van der Waals surface area contributed by atoms with Gasteiger partial charge < -0.3 is 5.32 Å². The van der Waals surface area contributed by atoms with E-state index in [1.165, 1.54) is 70.6 Å². The van der Waals surface area contributed by atoms with Gasteiger partial charge in [-0.3, -0.25) is 0 Å². The Morgan fingerprint density at radius 1 is 1.05 bits per heavy atom. The number of hydrogen-bond donors (Lipinski definition) is 1. The number of aryl methyl sites for hydroxylation is 2. The number of thiophene rings is 1. The average molecular weight is 306 g/mol. The monoisotopic (exact) mass is 305 g/mol. The van der Waals surface area contributed by atoms with Crippen molar-refractivity contribution in [1.29, 1.82) is 0 Å². The highest BCUT2D eigenvalue weighted by Crippen LogP contribution is 2.39. The fraction of sp³-hybridized carbons (Fsp3) is 0.789. The summed E-state index contributed by atoms with van der Waals surface area (Å²) in [5.74, 6) is 0.870. The van der Waals surface area contributed by atoms with E-state index in [1.54, 1.807) is 15.3 Å². The smallest absolute Gasteiger partial charge is 0.0443 e. The molecule has 0 aromatic carbocycles. The van der Waals surface area contributed by atoms with Crippen LogP contribution in [0.4, 0.5) is 0 Å². The molecule has 21 heavy (non-hydrogen) atoms. The molecule has 0 saturated heterocycles. The van der Waals surface area contributed by atoms with Crippen molar-refractivity contribution in [2.45, 2.75) is 83.6 Å². The molecule has 2 aliphatic carbocycles. The molecule has 1 aromatic heterocycles. The molecule has 1 nitrogen and oxygen atoms in total. The SMILES string of the molecule is CCNC(c1cc2c(s1)CCCCC2)C1CCCCCC1. The van der Waals surface area contributed by atoms with Crippen LogP contribution in [-0.4, -0.2) is 6.54 Å². The lowest BCUT2D eigenvalue weighted by atomic mass is 9.90. The van der Waals surface area contributed by atoms with E-state index in [0.29, 0.717) is 6.04 Å². The average Bonchev–Trinajstić information content (AvgIpc) is 2.70. The predicted molar refractivity (Wildman–Crippen MR) is 93.2 cm³/mol. The minimum Gasteiger partial charge on any atom is -0.309 e. The van der Waals surface area contributed by atoms with Gasteiger partial charge in [-0.05, 0) is 62.6 Å². The molecule has 1 saturated carbocycles. The Morgan fingerprint density at radius 3 is 2.52 bits per heavy atom. The van der Waals surface area contributed by atoms with Gasteiger partial charge in [0, 0.05) is 15.8 Å². The fourth-order valence-electron chi connectivity index (χ4n) is 4.21. The Hall–Kier alpha value is -0.340. The summed E-state index contributed by atoms with van der Waals surface area (Å²) >= 11 is 2.13. The minimum atomic E-state index is 0.630. The Kier molecular flexibility index (Phi) is 5.76. The number of nitrogens with one attached hydrogen (secondary N) is 1. The van der Waals surface area contributed by atoms with Crippen molar-refractivity contribution in [1.82, 2.24) is 5.32 Å². The highest BCUT2D eigenvalue weighted by molar-refractivity contribution is 7.12. The van der Waals surface area contributed by atoms with Gasteiger partial charge in [0.2, 0.25) is 0 Å². The van der Waals surface area contributed by atoms with Crippen LogP contribution in [0.15, 0.2) is 6.07 Å². The first-order valence-electron chi connectivity index (χ1n) is 9.23. The van der Waals surface area contributed by atoms with Gasteiger partial charge in [-0.25, -0.2) is 0 Å². The molecule has 0 radical (unpaired) electrons. The molecular weight excluding hydrogens is 274 g/mol. The molecule has 3 rings (SSSR count). The zero-order valence-electron chi connectivity index (χ0n) is 13.6. The molecule has 2 heteroatoms. The van der Waals surface area contributed by atoms with Crippen molar-refractivity contribution in [3.05, 3.63) is 21.4 Å². The molecule has 2 aliphatic rings. The number of rotatable bonds is 4. The second kappa shape index (κ2) is 7.78. The van der Waals surface area contributed by atoms with Crippen LogP contribution >= 0.6 is 11.3 Å². The first-order chi connectivity index (χ1) is 10.4. The van der Waals surface area contributed by atoms with Crippen LogP contribution in [0.25, 0.3) is 0 Å². The molecule has 1 aromatic rings. The summed E-state index contributed by atoms with van der Waals surface area (Å²) in [4.78, 5) is 3.36. The zero-order chi connectivity index (χ0) is 14.5. The highest BCUT2D eigenvalue weighted by Gasteiger charge is 2.26. The van der Waals surface area contributed by atoms with Crippen LogP contribution in [0.3, 0.4) is 0 Å². The maximum atomic E-state index is 3.83. The summed E-state index contributed by atoms with van der Waals surface area (Å²) in [5, 5.41) is 3.83. The normalized spacial score (nSPS) is 22.3. The molecule has 0 amide bonds. The Morgan fingerprint density at radius 2 is 1.76 bits per heavy atom. The topological polar surface area (TPSA) is 12.0 Å². The lowest BCUT2D eigenvalue weighted by molar-refractivity contribution is 0.334. The van der Waals surface area contributed by atoms with Gasteiger partial charge in [-0.1, -0.05) is 39.0 Å². The summed E-state index contributed by atoms with van der Waals surface area (Å²) < 4.78 is 0. The van der Waals surface area contributed by atoms with E-state index >= 15 is 0 Å². The predicted octanol–water partition coefficient (Wildman–Crippen LogP) is 5.64. The van der Waals surface area contributed by atoms with E-state index in [1.807, 2.05) is 0 Å². The highest BCUT2D eigenvalue weighted by atomic mass is 32.1. The summed E-state index contributed by atoms with van der Waals surface area (Å²) in [5.41, 5.74) is 1.68. The molecule has 0 aliphatic heterocycles. The summed E-state index contributed by atoms with van der Waals surface area (Å²) in [6.07, 6.45) is 15.6. The van der Waals surface area contributed by atoms with Crippen molar-refractivity contribution in [2.24, 2.45) is 5.92 Å². The summed E-state index contributed by atoms with van der Waals surface area (Å²) in [6, 6.07) is 3.20. The van der Waals surface area contributed by atoms with Crippen molar-refractivity contribution in [3.8, 4) is 0 Å². The van der Waals surface area contributed by atoms with Crippen molar-refractivity contribution in [2.75, 3.05) is 6.54 Å². The first-order valence-corrected chi connectivity index (χ1v) is 10.0. The quantitative estimate of drug-likeness (QED) is 0.561. The van der Waals surface area contributed by atoms with Crippen molar-refractivity contribution >= 4 is 11.3 Å². The van der Waals surface area contributed by atoms with E-state index in [9.17, 15) is 0 Å². The molecule has 1 heterocycles. The Bertz CT molecular complexity index is 405. The van der Waals surface area contributed by atoms with Crippen molar-refractivity contribution in [3.63, 3.8) is 0 Å². The van der Waals surface area contributed by atoms with Gasteiger partial charge in [0.1, 0.15) is 0 Å². The third-order valence-corrected chi connectivity index (χ3v) is 6.69. The number of fused-ring (bicyclic) bond motifs is 1. The molecule has 1 unspecified atom stereocenters. The molecule has 1 atom stereocenters. The zero-order valence-corrected chi connectivity index (χ0v) is 14.4. The molecule has 0 bridgehead atoms. The molecule has 0 spiro atoms. The van der Waals surface area contributed by atoms with E-state index in [0.717, 1.165) is 12.5 Å². The second-order valence-corrected chi connectivity index (χ2v) is 8.11. The summed E-state index contributed by atoms with van der Waals surface area (Å²) in [6.45, 7) is 3.37. The van der Waals surface area contributed by atoms with Gasteiger partial charge >= 0.3 is 0 Å². The Balaban J connectivity index is 1.79. The minimum absolute atomic E-state index is 0.630. The van der Waals surface area contributed by atoms with Crippen LogP contribution in [0.1, 0.15) is 86.1 Å². The molecule has 118 valence electrons. The van der Waals surface area contributed by atoms with Gasteiger partial charge in [0.05, 0.1) is 0 Å². The number of hydrogen-bond acceptors (Lipinski definition) is 2. The molecule has 1 fully saturated rings. The van der Waals surface area contributed by atoms with Gasteiger partial charge in [-0.2, -0.15) is 0 Å². The van der Waals surface area contributed by atoms with Gasteiger partial charge in [0.15, 0.2) is 0 Å². The molecule has 1 N–H and O–H groups in total. The van der Waals surface area contributed by atoms with Crippen LogP contribution in [0.2, 0.25) is 0 Å². The van der Waals surface area contributed by atoms with Crippen LogP contribution in [0.5, 0.6) is 0 Å². The second-order valence-electron chi connectivity index (χ2n) is 6.94. The van der Waals surface area contributed by atoms with E-state index in [2.05, 4.69) is 29.6 Å². The summed E-state index contributed by atoms with van der Waals surface area (Å²) in [7, 11) is 0. The largest absolute Gasteiger partial charge is 0.309 e. The third-order valence-electron chi connectivity index (χ3n) is 5.37. The van der Waals surface area contributed by atoms with Crippen LogP contribution in [0, 0.1) is 5.92 Å². The maximum absolute atomic E-state index is 3.83. The lowest BCUT2D eigenvalue weighted by Gasteiger charge is -2.26. The fourth-order valence-corrected chi connectivity index (χ4v) is 5.63. The van der Waals surface area contributed by atoms with Gasteiger partial charge in [0.25, 0.3) is 0 Å². The maximum Gasteiger partial charge on any atom is 0.0443 e. The van der Waals surface area contributed by atoms with E-state index in [4.69, 9.17) is 0 Å². The lowest BCUT2D eigenvalue weighted by Crippen LogP contribution is -2.27. The van der Waals surface area contributed by atoms with Crippen molar-refractivity contribution < 1.29 is 0 Å². The van der Waals surface area contributed by atoms with E-state index < -0.39 is 0 Å². The Labute approximate surface area is 134 Å². The van der Waals surface area contributed by atoms with Crippen LogP contribution in [-0.2, 0) is 12.8 Å².